The fourth-order valence-electron chi connectivity index (χ4n) is 1.68. The van der Waals surface area contributed by atoms with Crippen molar-refractivity contribution in [2.45, 2.75) is 12.8 Å². The Labute approximate surface area is 88.9 Å². The largest absolute Gasteiger partial charge is 0.411 e. The smallest absolute Gasteiger partial charge is 0.0507 e. The molecule has 2 nitrogen and oxygen atoms in total. The van der Waals surface area contributed by atoms with Crippen molar-refractivity contribution >= 4 is 17.0 Å². The van der Waals surface area contributed by atoms with Crippen LogP contribution in [-0.4, -0.2) is 11.4 Å². The van der Waals surface area contributed by atoms with Crippen LogP contribution in [-0.2, 0) is 0 Å². The van der Waals surface area contributed by atoms with E-state index in [0.717, 1.165) is 5.56 Å². The molecule has 1 atom stereocenters. The van der Waals surface area contributed by atoms with Gasteiger partial charge in [-0.2, -0.15) is 0 Å². The summed E-state index contributed by atoms with van der Waals surface area (Å²) in [6.07, 6.45) is 1.53. The molecule has 2 aromatic carbocycles. The van der Waals surface area contributed by atoms with Crippen LogP contribution in [0.3, 0.4) is 0 Å². The van der Waals surface area contributed by atoms with Gasteiger partial charge in [0, 0.05) is 5.92 Å². The van der Waals surface area contributed by atoms with Crippen LogP contribution < -0.4 is 0 Å². The molecule has 2 rings (SSSR count). The maximum atomic E-state index is 8.48. The van der Waals surface area contributed by atoms with Crippen molar-refractivity contribution in [3.63, 3.8) is 0 Å². The van der Waals surface area contributed by atoms with Gasteiger partial charge in [0.25, 0.3) is 0 Å². The van der Waals surface area contributed by atoms with E-state index < -0.39 is 0 Å². The molecule has 0 spiro atoms. The van der Waals surface area contributed by atoms with Crippen molar-refractivity contribution in [3.05, 3.63) is 48.0 Å². The first-order valence-electron chi connectivity index (χ1n) is 4.97. The molecule has 1 unspecified atom stereocenters. The normalized spacial score (nSPS) is 13.4. The molecular formula is C13H13NO. The van der Waals surface area contributed by atoms with Crippen molar-refractivity contribution in [3.8, 4) is 0 Å². The molecule has 0 radical (unpaired) electrons. The highest BCUT2D eigenvalue weighted by molar-refractivity contribution is 5.84. The molecule has 0 aliphatic heterocycles. The van der Waals surface area contributed by atoms with E-state index in [2.05, 4.69) is 35.5 Å². The molecule has 0 amide bonds. The minimum Gasteiger partial charge on any atom is -0.411 e. The van der Waals surface area contributed by atoms with Crippen LogP contribution in [0.4, 0.5) is 0 Å². The van der Waals surface area contributed by atoms with Gasteiger partial charge in [0.05, 0.1) is 6.21 Å². The van der Waals surface area contributed by atoms with Gasteiger partial charge in [0.2, 0.25) is 0 Å². The third kappa shape index (κ3) is 1.99. The zero-order valence-corrected chi connectivity index (χ0v) is 8.59. The topological polar surface area (TPSA) is 32.6 Å². The van der Waals surface area contributed by atoms with Crippen LogP contribution in [0.1, 0.15) is 18.4 Å². The lowest BCUT2D eigenvalue weighted by Gasteiger charge is -2.06. The predicted molar refractivity (Wildman–Crippen MR) is 62.6 cm³/mol. The number of benzene rings is 2. The molecule has 15 heavy (non-hydrogen) atoms. The fraction of sp³-hybridized carbons (Fsp3) is 0.154. The van der Waals surface area contributed by atoms with Gasteiger partial charge in [-0.15, -0.1) is 5.16 Å². The highest BCUT2D eigenvalue weighted by Crippen LogP contribution is 2.20. The summed E-state index contributed by atoms with van der Waals surface area (Å²) in [5.74, 6) is 0.139. The van der Waals surface area contributed by atoms with Gasteiger partial charge < -0.3 is 5.21 Å². The summed E-state index contributed by atoms with van der Waals surface area (Å²) in [5, 5.41) is 14.0. The first kappa shape index (κ1) is 9.71. The molecular weight excluding hydrogens is 186 g/mol. The Balaban J connectivity index is 2.46. The van der Waals surface area contributed by atoms with Crippen molar-refractivity contribution in [2.24, 2.45) is 5.16 Å². The molecule has 0 bridgehead atoms. The molecule has 0 fully saturated rings. The summed E-state index contributed by atoms with van der Waals surface area (Å²) in [5.41, 5.74) is 1.16. The van der Waals surface area contributed by atoms with Crippen LogP contribution in [0.15, 0.2) is 47.6 Å². The summed E-state index contributed by atoms with van der Waals surface area (Å²) in [6.45, 7) is 2.00. The summed E-state index contributed by atoms with van der Waals surface area (Å²) in [7, 11) is 0. The van der Waals surface area contributed by atoms with Crippen LogP contribution in [0.25, 0.3) is 10.8 Å². The van der Waals surface area contributed by atoms with E-state index >= 15 is 0 Å². The molecule has 76 valence electrons. The Morgan fingerprint density at radius 2 is 1.87 bits per heavy atom. The number of oxime groups is 1. The van der Waals surface area contributed by atoms with Gasteiger partial charge in [-0.3, -0.25) is 0 Å². The number of rotatable bonds is 2. The van der Waals surface area contributed by atoms with Gasteiger partial charge in [-0.05, 0) is 16.3 Å². The van der Waals surface area contributed by atoms with Gasteiger partial charge in [0.1, 0.15) is 0 Å². The Bertz CT molecular complexity index is 491. The Kier molecular flexibility index (Phi) is 2.68. The van der Waals surface area contributed by atoms with Crippen molar-refractivity contribution < 1.29 is 5.21 Å². The molecule has 2 heteroatoms. The first-order chi connectivity index (χ1) is 7.31. The van der Waals surface area contributed by atoms with E-state index in [0.29, 0.717) is 0 Å². The SMILES string of the molecule is CC(C=NO)c1ccc2ccccc2c1. The lowest BCUT2D eigenvalue weighted by molar-refractivity contribution is 0.320. The van der Waals surface area contributed by atoms with Gasteiger partial charge in [-0.25, -0.2) is 0 Å². The van der Waals surface area contributed by atoms with E-state index in [1.165, 1.54) is 17.0 Å². The van der Waals surface area contributed by atoms with Crippen LogP contribution in [0.2, 0.25) is 0 Å². The second kappa shape index (κ2) is 4.13. The van der Waals surface area contributed by atoms with E-state index in [9.17, 15) is 0 Å². The van der Waals surface area contributed by atoms with Crippen LogP contribution >= 0.6 is 0 Å². The average molecular weight is 199 g/mol. The van der Waals surface area contributed by atoms with Gasteiger partial charge in [-0.1, -0.05) is 49.4 Å². The maximum absolute atomic E-state index is 8.48. The van der Waals surface area contributed by atoms with Crippen LogP contribution in [0, 0.1) is 0 Å². The number of nitrogens with zero attached hydrogens (tertiary/aromatic N) is 1. The molecule has 1 N–H and O–H groups in total. The van der Waals surface area contributed by atoms with E-state index in [1.54, 1.807) is 0 Å². The first-order valence-corrected chi connectivity index (χ1v) is 4.97. The second-order valence-corrected chi connectivity index (χ2v) is 3.66. The highest BCUT2D eigenvalue weighted by atomic mass is 16.4. The van der Waals surface area contributed by atoms with E-state index in [4.69, 9.17) is 5.21 Å². The zero-order valence-electron chi connectivity index (χ0n) is 8.59. The molecule has 0 aliphatic carbocycles. The third-order valence-corrected chi connectivity index (χ3v) is 2.59. The zero-order chi connectivity index (χ0) is 10.7. The van der Waals surface area contributed by atoms with Crippen molar-refractivity contribution in [1.82, 2.24) is 0 Å². The predicted octanol–water partition coefficient (Wildman–Crippen LogP) is 3.40. The molecule has 0 heterocycles. The quantitative estimate of drug-likeness (QED) is 0.448. The monoisotopic (exact) mass is 199 g/mol. The van der Waals surface area contributed by atoms with Gasteiger partial charge in [0.15, 0.2) is 0 Å². The van der Waals surface area contributed by atoms with Crippen molar-refractivity contribution in [1.29, 1.82) is 0 Å². The average Bonchev–Trinajstić information content (AvgIpc) is 2.29. The highest BCUT2D eigenvalue weighted by Gasteiger charge is 2.02. The molecule has 0 saturated carbocycles. The summed E-state index contributed by atoms with van der Waals surface area (Å²) in [4.78, 5) is 0. The Morgan fingerprint density at radius 3 is 2.60 bits per heavy atom. The number of hydrogen-bond donors (Lipinski definition) is 1. The minimum absolute atomic E-state index is 0.139. The maximum Gasteiger partial charge on any atom is 0.0507 e. The van der Waals surface area contributed by atoms with Crippen LogP contribution in [0.5, 0.6) is 0 Å². The van der Waals surface area contributed by atoms with Crippen molar-refractivity contribution in [2.75, 3.05) is 0 Å². The summed E-state index contributed by atoms with van der Waals surface area (Å²) >= 11 is 0. The van der Waals surface area contributed by atoms with E-state index in [-0.39, 0.29) is 5.92 Å². The summed E-state index contributed by atoms with van der Waals surface area (Å²) in [6, 6.07) is 14.5. The standard InChI is InChI=1S/C13H13NO/c1-10(9-14-15)12-7-6-11-4-2-3-5-13(11)8-12/h2-10,15H,1H3. The van der Waals surface area contributed by atoms with E-state index in [1.807, 2.05) is 19.1 Å². The van der Waals surface area contributed by atoms with Gasteiger partial charge >= 0.3 is 0 Å². The number of fused-ring (bicyclic) bond motifs is 1. The summed E-state index contributed by atoms with van der Waals surface area (Å²) < 4.78 is 0. The lowest BCUT2D eigenvalue weighted by atomic mass is 9.99. The molecule has 0 aliphatic rings. The molecule has 2 aromatic rings. The fourth-order valence-corrected chi connectivity index (χ4v) is 1.68. The Morgan fingerprint density at radius 1 is 1.13 bits per heavy atom. The second-order valence-electron chi connectivity index (χ2n) is 3.66. The molecule has 0 saturated heterocycles. The lowest BCUT2D eigenvalue weighted by Crippen LogP contribution is -1.94. The number of hydrogen-bond acceptors (Lipinski definition) is 2. The third-order valence-electron chi connectivity index (χ3n) is 2.59. The minimum atomic E-state index is 0.139. The molecule has 0 aromatic heterocycles. The Hall–Kier alpha value is -1.83.